The number of carbonyl (C=O) groups excluding carboxylic acids is 1. The van der Waals surface area contributed by atoms with Gasteiger partial charge in [0.1, 0.15) is 11.6 Å². The summed E-state index contributed by atoms with van der Waals surface area (Å²) in [6.07, 6.45) is 2.34. The Hall–Kier alpha value is -1.72. The van der Waals surface area contributed by atoms with Crippen LogP contribution in [0.3, 0.4) is 0 Å². The summed E-state index contributed by atoms with van der Waals surface area (Å²) in [6, 6.07) is 8.34. The normalized spacial score (nSPS) is 12.3. The molecule has 1 aromatic carbocycles. The summed E-state index contributed by atoms with van der Waals surface area (Å²) in [5.41, 5.74) is 2.90. The van der Waals surface area contributed by atoms with E-state index < -0.39 is 5.97 Å². The van der Waals surface area contributed by atoms with Crippen LogP contribution in [-0.2, 0) is 17.8 Å². The number of hydrogen-bond acceptors (Lipinski definition) is 4. The number of thiazole rings is 1. The zero-order valence-electron chi connectivity index (χ0n) is 13.1. The second-order valence-electron chi connectivity index (χ2n) is 5.63. The molecule has 4 nitrogen and oxygen atoms in total. The largest absolute Gasteiger partial charge is 0.550 e. The molecule has 0 amide bonds. The van der Waals surface area contributed by atoms with E-state index >= 15 is 0 Å². The van der Waals surface area contributed by atoms with E-state index in [0.717, 1.165) is 17.1 Å². The maximum absolute atomic E-state index is 10.6. The fourth-order valence-corrected chi connectivity index (χ4v) is 3.22. The third kappa shape index (κ3) is 4.93. The van der Waals surface area contributed by atoms with Gasteiger partial charge in [0.15, 0.2) is 0 Å². The molecule has 0 aliphatic heterocycles. The lowest BCUT2D eigenvalue weighted by atomic mass is 10.1. The highest BCUT2D eigenvalue weighted by molar-refractivity contribution is 7.13. The van der Waals surface area contributed by atoms with Gasteiger partial charge in [-0.1, -0.05) is 31.5 Å². The third-order valence-electron chi connectivity index (χ3n) is 3.51. The molecule has 0 bridgehead atoms. The highest BCUT2D eigenvalue weighted by Gasteiger charge is 2.08. The number of rotatable bonds is 8. The Morgan fingerprint density at radius 2 is 2.23 bits per heavy atom. The first-order valence-corrected chi connectivity index (χ1v) is 8.51. The van der Waals surface area contributed by atoms with Gasteiger partial charge in [-0.05, 0) is 12.5 Å². The predicted octanol–water partition coefficient (Wildman–Crippen LogP) is 0.917. The second kappa shape index (κ2) is 8.06. The predicted molar refractivity (Wildman–Crippen MR) is 86.6 cm³/mol. The monoisotopic (exact) mass is 318 g/mol. The number of quaternary nitrogens is 1. The smallest absolute Gasteiger partial charge is 0.123 e. The molecule has 1 aromatic heterocycles. The summed E-state index contributed by atoms with van der Waals surface area (Å²) in [5, 5.41) is 13.3. The molecule has 0 saturated heterocycles. The van der Waals surface area contributed by atoms with Crippen LogP contribution in [0.1, 0.15) is 31.0 Å². The van der Waals surface area contributed by atoms with Crippen molar-refractivity contribution >= 4 is 17.3 Å². The molecule has 0 aliphatic rings. The van der Waals surface area contributed by atoms with Crippen LogP contribution in [0.25, 0.3) is 10.6 Å². The van der Waals surface area contributed by atoms with Gasteiger partial charge in [0, 0.05) is 28.9 Å². The molecule has 0 aliphatic carbocycles. The average Bonchev–Trinajstić information content (AvgIpc) is 2.93. The quantitative estimate of drug-likeness (QED) is 0.787. The molecule has 1 N–H and O–H groups in total. The van der Waals surface area contributed by atoms with E-state index in [4.69, 9.17) is 0 Å². The Balaban J connectivity index is 2.07. The molecular formula is C17H22N2O2S. The number of aromatic nitrogens is 1. The van der Waals surface area contributed by atoms with Crippen molar-refractivity contribution in [1.29, 1.82) is 0 Å². The van der Waals surface area contributed by atoms with Crippen LogP contribution in [0, 0.1) is 0 Å². The van der Waals surface area contributed by atoms with Crippen molar-refractivity contribution in [2.75, 3.05) is 13.6 Å². The molecule has 5 heteroatoms. The maximum Gasteiger partial charge on any atom is 0.123 e. The maximum atomic E-state index is 10.6. The number of aliphatic carboxylic acids is 1. The number of unbranched alkanes of at least 4 members (excludes halogenated alkanes) is 1. The molecule has 1 atom stereocenters. The SMILES string of the molecule is CCCC[NH+](C)Cc1cccc(-c2nc(CC(=O)[O-])cs2)c1. The van der Waals surface area contributed by atoms with Gasteiger partial charge in [-0.25, -0.2) is 4.98 Å². The lowest BCUT2D eigenvalue weighted by molar-refractivity contribution is -0.894. The fourth-order valence-electron chi connectivity index (χ4n) is 2.40. The molecule has 0 fully saturated rings. The molecule has 0 spiro atoms. The van der Waals surface area contributed by atoms with E-state index in [1.807, 2.05) is 12.1 Å². The van der Waals surface area contributed by atoms with Crippen LogP contribution in [0.15, 0.2) is 29.6 Å². The number of carboxylic acid groups (broad SMARTS) is 1. The van der Waals surface area contributed by atoms with Gasteiger partial charge in [-0.3, -0.25) is 0 Å². The van der Waals surface area contributed by atoms with E-state index in [9.17, 15) is 9.90 Å². The van der Waals surface area contributed by atoms with E-state index in [-0.39, 0.29) is 6.42 Å². The van der Waals surface area contributed by atoms with Crippen molar-refractivity contribution in [3.63, 3.8) is 0 Å². The Labute approximate surface area is 135 Å². The second-order valence-corrected chi connectivity index (χ2v) is 6.49. The minimum Gasteiger partial charge on any atom is -0.550 e. The highest BCUT2D eigenvalue weighted by Crippen LogP contribution is 2.24. The summed E-state index contributed by atoms with van der Waals surface area (Å²) >= 11 is 1.48. The van der Waals surface area contributed by atoms with Crippen molar-refractivity contribution in [3.05, 3.63) is 40.9 Å². The van der Waals surface area contributed by atoms with Crippen LogP contribution in [-0.4, -0.2) is 24.5 Å². The van der Waals surface area contributed by atoms with Gasteiger partial charge in [-0.2, -0.15) is 0 Å². The molecule has 2 aromatic rings. The van der Waals surface area contributed by atoms with Crippen molar-refractivity contribution in [2.45, 2.75) is 32.7 Å². The first kappa shape index (κ1) is 16.6. The van der Waals surface area contributed by atoms with Gasteiger partial charge < -0.3 is 14.8 Å². The lowest BCUT2D eigenvalue weighted by Crippen LogP contribution is -3.07. The van der Waals surface area contributed by atoms with Crippen molar-refractivity contribution in [2.24, 2.45) is 0 Å². The summed E-state index contributed by atoms with van der Waals surface area (Å²) in [6.45, 7) is 4.37. The number of carbonyl (C=O) groups is 1. The number of hydrogen-bond donors (Lipinski definition) is 1. The van der Waals surface area contributed by atoms with Crippen LogP contribution >= 0.6 is 11.3 Å². The van der Waals surface area contributed by atoms with E-state index in [1.54, 1.807) is 5.38 Å². The van der Waals surface area contributed by atoms with Crippen LogP contribution in [0.5, 0.6) is 0 Å². The van der Waals surface area contributed by atoms with Crippen LogP contribution in [0.4, 0.5) is 0 Å². The Kier molecular flexibility index (Phi) is 6.10. The average molecular weight is 318 g/mol. The Morgan fingerprint density at radius 3 is 2.95 bits per heavy atom. The lowest BCUT2D eigenvalue weighted by Gasteiger charge is -2.13. The highest BCUT2D eigenvalue weighted by atomic mass is 32.1. The van der Waals surface area contributed by atoms with E-state index in [2.05, 4.69) is 31.1 Å². The van der Waals surface area contributed by atoms with Gasteiger partial charge in [-0.15, -0.1) is 11.3 Å². The minimum atomic E-state index is -1.09. The van der Waals surface area contributed by atoms with E-state index in [0.29, 0.717) is 5.69 Å². The fraction of sp³-hybridized carbons (Fsp3) is 0.412. The zero-order valence-corrected chi connectivity index (χ0v) is 13.9. The number of carboxylic acids is 1. The van der Waals surface area contributed by atoms with Crippen LogP contribution in [0.2, 0.25) is 0 Å². The minimum absolute atomic E-state index is 0.125. The summed E-state index contributed by atoms with van der Waals surface area (Å²) < 4.78 is 0. The molecule has 22 heavy (non-hydrogen) atoms. The van der Waals surface area contributed by atoms with Gasteiger partial charge in [0.05, 0.1) is 19.3 Å². The van der Waals surface area contributed by atoms with Crippen molar-refractivity contribution < 1.29 is 14.8 Å². The molecule has 0 radical (unpaired) electrons. The molecule has 2 rings (SSSR count). The van der Waals surface area contributed by atoms with Crippen molar-refractivity contribution in [3.8, 4) is 10.6 Å². The van der Waals surface area contributed by atoms with Crippen LogP contribution < -0.4 is 10.0 Å². The van der Waals surface area contributed by atoms with E-state index in [1.165, 1.54) is 41.2 Å². The molecular weight excluding hydrogens is 296 g/mol. The first-order valence-electron chi connectivity index (χ1n) is 7.63. The van der Waals surface area contributed by atoms with Crippen molar-refractivity contribution in [1.82, 2.24) is 4.98 Å². The molecule has 118 valence electrons. The summed E-state index contributed by atoms with van der Waals surface area (Å²) in [7, 11) is 2.21. The number of benzene rings is 1. The summed E-state index contributed by atoms with van der Waals surface area (Å²) in [4.78, 5) is 16.5. The van der Waals surface area contributed by atoms with Gasteiger partial charge in [0.25, 0.3) is 0 Å². The number of nitrogens with one attached hydrogen (secondary N) is 1. The molecule has 0 saturated carbocycles. The standard InChI is InChI=1S/C17H22N2O2S/c1-3-4-8-19(2)11-13-6-5-7-14(9-13)17-18-15(12-22-17)10-16(20)21/h5-7,9,12H,3-4,8,10-11H2,1-2H3,(H,20,21). The molecule has 1 heterocycles. The summed E-state index contributed by atoms with van der Waals surface area (Å²) in [5.74, 6) is -1.09. The first-order chi connectivity index (χ1) is 10.6. The Morgan fingerprint density at radius 1 is 1.41 bits per heavy atom. The third-order valence-corrected chi connectivity index (χ3v) is 4.45. The zero-order chi connectivity index (χ0) is 15.9. The number of nitrogens with zero attached hydrogens (tertiary/aromatic N) is 1. The Bertz CT molecular complexity index is 625. The van der Waals surface area contributed by atoms with Gasteiger partial charge >= 0.3 is 0 Å². The molecule has 1 unspecified atom stereocenters. The topological polar surface area (TPSA) is 57.5 Å². The van der Waals surface area contributed by atoms with Gasteiger partial charge in [0.2, 0.25) is 0 Å².